The van der Waals surface area contributed by atoms with Gasteiger partial charge in [-0.1, -0.05) is 20.8 Å². The van der Waals surface area contributed by atoms with Gasteiger partial charge in [0.2, 0.25) is 0 Å². The molecule has 2 aliphatic heterocycles. The second-order valence-electron chi connectivity index (χ2n) is 9.67. The molecule has 0 amide bonds. The second-order valence-corrected chi connectivity index (χ2v) is 9.67. The second kappa shape index (κ2) is 7.01. The lowest BCUT2D eigenvalue weighted by Gasteiger charge is -2.54. The molecular formula is C20H39N3. The molecule has 1 saturated carbocycles. The zero-order valence-corrected chi connectivity index (χ0v) is 16.1. The first kappa shape index (κ1) is 17.7. The summed E-state index contributed by atoms with van der Waals surface area (Å²) in [5, 5.41) is 0. The van der Waals surface area contributed by atoms with Crippen LogP contribution in [0.25, 0.3) is 0 Å². The fourth-order valence-corrected chi connectivity index (χ4v) is 5.00. The largest absolute Gasteiger partial charge is 0.304 e. The van der Waals surface area contributed by atoms with Crippen LogP contribution in [-0.4, -0.2) is 74.1 Å². The summed E-state index contributed by atoms with van der Waals surface area (Å²) in [5.41, 5.74) is 1.23. The molecule has 3 nitrogen and oxygen atoms in total. The van der Waals surface area contributed by atoms with Gasteiger partial charge in [0.05, 0.1) is 0 Å². The van der Waals surface area contributed by atoms with E-state index in [0.717, 1.165) is 11.3 Å². The van der Waals surface area contributed by atoms with Crippen LogP contribution >= 0.6 is 0 Å². The van der Waals surface area contributed by atoms with E-state index < -0.39 is 0 Å². The van der Waals surface area contributed by atoms with Crippen molar-refractivity contribution in [3.8, 4) is 0 Å². The first-order valence-corrected chi connectivity index (χ1v) is 10.0. The summed E-state index contributed by atoms with van der Waals surface area (Å²) < 4.78 is 0. The van der Waals surface area contributed by atoms with Gasteiger partial charge in [-0.3, -0.25) is 0 Å². The van der Waals surface area contributed by atoms with Gasteiger partial charge in [0.1, 0.15) is 0 Å². The Morgan fingerprint density at radius 2 is 1.52 bits per heavy atom. The molecule has 3 aliphatic rings. The van der Waals surface area contributed by atoms with Crippen LogP contribution in [0.5, 0.6) is 0 Å². The Morgan fingerprint density at radius 1 is 0.913 bits per heavy atom. The number of piperazine rings is 1. The van der Waals surface area contributed by atoms with Gasteiger partial charge >= 0.3 is 0 Å². The summed E-state index contributed by atoms with van der Waals surface area (Å²) in [6, 6.07) is 0. The number of rotatable bonds is 5. The van der Waals surface area contributed by atoms with E-state index in [1.807, 2.05) is 0 Å². The standard InChI is InChI=1S/C20H39N3/c1-5-19(2,3)17-23-8-6-20(7-9-23)14-18(15-20)16-22-12-10-21(4)11-13-22/h18H,5-17H2,1-4H3. The smallest absolute Gasteiger partial charge is 0.0110 e. The zero-order valence-electron chi connectivity index (χ0n) is 16.1. The summed E-state index contributed by atoms with van der Waals surface area (Å²) in [6.45, 7) is 17.7. The van der Waals surface area contributed by atoms with Crippen LogP contribution in [0, 0.1) is 16.7 Å². The maximum Gasteiger partial charge on any atom is 0.0110 e. The average Bonchev–Trinajstić information content (AvgIpc) is 2.50. The molecular weight excluding hydrogens is 282 g/mol. The Balaban J connectivity index is 1.36. The van der Waals surface area contributed by atoms with Crippen molar-refractivity contribution < 1.29 is 0 Å². The Morgan fingerprint density at radius 3 is 2.09 bits per heavy atom. The number of piperidine rings is 1. The van der Waals surface area contributed by atoms with Crippen molar-refractivity contribution >= 4 is 0 Å². The molecule has 2 saturated heterocycles. The molecule has 134 valence electrons. The van der Waals surface area contributed by atoms with Gasteiger partial charge in [-0.15, -0.1) is 0 Å². The summed E-state index contributed by atoms with van der Waals surface area (Å²) in [4.78, 5) is 7.92. The van der Waals surface area contributed by atoms with E-state index in [0.29, 0.717) is 5.41 Å². The third kappa shape index (κ3) is 4.49. The molecule has 3 fully saturated rings. The lowest BCUT2D eigenvalue weighted by atomic mass is 9.57. The van der Waals surface area contributed by atoms with Gasteiger partial charge < -0.3 is 14.7 Å². The molecule has 1 aliphatic carbocycles. The highest BCUT2D eigenvalue weighted by Gasteiger charge is 2.46. The van der Waals surface area contributed by atoms with Crippen LogP contribution in [0.1, 0.15) is 52.9 Å². The maximum atomic E-state index is 2.74. The summed E-state index contributed by atoms with van der Waals surface area (Å²) in [5.74, 6) is 0.997. The lowest BCUT2D eigenvalue weighted by molar-refractivity contribution is -0.0357. The fraction of sp³-hybridized carbons (Fsp3) is 1.00. The molecule has 0 radical (unpaired) electrons. The molecule has 0 aromatic carbocycles. The first-order valence-electron chi connectivity index (χ1n) is 10.0. The van der Waals surface area contributed by atoms with Crippen molar-refractivity contribution in [2.24, 2.45) is 16.7 Å². The van der Waals surface area contributed by atoms with E-state index in [2.05, 4.69) is 42.5 Å². The number of likely N-dealkylation sites (N-methyl/N-ethyl adjacent to an activating group) is 1. The molecule has 0 bridgehead atoms. The van der Waals surface area contributed by atoms with Crippen molar-refractivity contribution in [3.63, 3.8) is 0 Å². The van der Waals surface area contributed by atoms with Crippen LogP contribution in [-0.2, 0) is 0 Å². The summed E-state index contributed by atoms with van der Waals surface area (Å²) in [6.07, 6.45) is 7.26. The Bertz CT molecular complexity index is 368. The number of hydrogen-bond acceptors (Lipinski definition) is 3. The highest BCUT2D eigenvalue weighted by atomic mass is 15.2. The molecule has 0 aromatic heterocycles. The van der Waals surface area contributed by atoms with E-state index in [9.17, 15) is 0 Å². The molecule has 0 unspecified atom stereocenters. The van der Waals surface area contributed by atoms with Gasteiger partial charge in [-0.2, -0.15) is 0 Å². The normalized spacial score (nSPS) is 28.2. The average molecular weight is 322 g/mol. The molecule has 3 rings (SSSR count). The van der Waals surface area contributed by atoms with Crippen molar-refractivity contribution in [1.82, 2.24) is 14.7 Å². The van der Waals surface area contributed by atoms with Crippen LogP contribution < -0.4 is 0 Å². The van der Waals surface area contributed by atoms with Crippen LogP contribution in [0.3, 0.4) is 0 Å². The zero-order chi connectivity index (χ0) is 16.5. The third-order valence-corrected chi connectivity index (χ3v) is 7.08. The van der Waals surface area contributed by atoms with Gasteiger partial charge in [0, 0.05) is 39.3 Å². The first-order chi connectivity index (χ1) is 10.9. The Kier molecular flexibility index (Phi) is 5.40. The van der Waals surface area contributed by atoms with Crippen molar-refractivity contribution in [1.29, 1.82) is 0 Å². The molecule has 0 aromatic rings. The molecule has 23 heavy (non-hydrogen) atoms. The van der Waals surface area contributed by atoms with E-state index in [1.165, 1.54) is 84.5 Å². The lowest BCUT2D eigenvalue weighted by Crippen LogP contribution is -2.52. The Labute approximate surface area is 144 Å². The molecule has 0 atom stereocenters. The number of likely N-dealkylation sites (tertiary alicyclic amines) is 1. The predicted molar refractivity (Wildman–Crippen MR) is 98.8 cm³/mol. The number of nitrogens with zero attached hydrogens (tertiary/aromatic N) is 3. The van der Waals surface area contributed by atoms with E-state index in [4.69, 9.17) is 0 Å². The van der Waals surface area contributed by atoms with Gasteiger partial charge in [-0.05, 0) is 69.0 Å². The SMILES string of the molecule is CCC(C)(C)CN1CCC2(CC1)CC(CN1CCN(C)CC1)C2. The highest BCUT2D eigenvalue weighted by molar-refractivity contribution is 4.98. The van der Waals surface area contributed by atoms with Gasteiger partial charge in [-0.25, -0.2) is 0 Å². The molecule has 3 heteroatoms. The van der Waals surface area contributed by atoms with Gasteiger partial charge in [0.25, 0.3) is 0 Å². The highest BCUT2D eigenvalue weighted by Crippen LogP contribution is 2.52. The predicted octanol–water partition coefficient (Wildman–Crippen LogP) is 3.16. The Hall–Kier alpha value is -0.120. The van der Waals surface area contributed by atoms with E-state index in [-0.39, 0.29) is 0 Å². The van der Waals surface area contributed by atoms with Crippen molar-refractivity contribution in [2.75, 3.05) is 59.4 Å². The molecule has 2 heterocycles. The van der Waals surface area contributed by atoms with E-state index >= 15 is 0 Å². The topological polar surface area (TPSA) is 9.72 Å². The minimum Gasteiger partial charge on any atom is -0.304 e. The summed E-state index contributed by atoms with van der Waals surface area (Å²) >= 11 is 0. The minimum absolute atomic E-state index is 0.494. The van der Waals surface area contributed by atoms with E-state index in [1.54, 1.807) is 0 Å². The van der Waals surface area contributed by atoms with Gasteiger partial charge in [0.15, 0.2) is 0 Å². The van der Waals surface area contributed by atoms with Crippen LogP contribution in [0.2, 0.25) is 0 Å². The summed E-state index contributed by atoms with van der Waals surface area (Å²) in [7, 11) is 2.25. The third-order valence-electron chi connectivity index (χ3n) is 7.08. The van der Waals surface area contributed by atoms with Crippen molar-refractivity contribution in [2.45, 2.75) is 52.9 Å². The number of hydrogen-bond donors (Lipinski definition) is 0. The van der Waals surface area contributed by atoms with Crippen molar-refractivity contribution in [3.05, 3.63) is 0 Å². The van der Waals surface area contributed by atoms with Crippen LogP contribution in [0.15, 0.2) is 0 Å². The minimum atomic E-state index is 0.494. The monoisotopic (exact) mass is 321 g/mol. The fourth-order valence-electron chi connectivity index (χ4n) is 5.00. The molecule has 0 N–H and O–H groups in total. The van der Waals surface area contributed by atoms with Crippen LogP contribution in [0.4, 0.5) is 0 Å². The maximum absolute atomic E-state index is 2.74. The quantitative estimate of drug-likeness (QED) is 0.770. The molecule has 1 spiro atoms.